The molecule has 2 aromatic rings. The van der Waals surface area contributed by atoms with Gasteiger partial charge in [-0.15, -0.1) is 0 Å². The molecule has 2 aromatic carbocycles. The fraction of sp³-hybridized carbons (Fsp3) is 0.143. The van der Waals surface area contributed by atoms with Crippen LogP contribution in [0.1, 0.15) is 18.5 Å². The van der Waals surface area contributed by atoms with Crippen LogP contribution in [0.5, 0.6) is 0 Å². The van der Waals surface area contributed by atoms with E-state index in [1.54, 1.807) is 6.92 Å². The molecule has 3 nitrogen and oxygen atoms in total. The van der Waals surface area contributed by atoms with Gasteiger partial charge in [0.15, 0.2) is 0 Å². The van der Waals surface area contributed by atoms with Gasteiger partial charge in [0, 0.05) is 10.5 Å². The fourth-order valence-corrected chi connectivity index (χ4v) is 5.06. The van der Waals surface area contributed by atoms with E-state index in [1.165, 1.54) is 12.1 Å². The summed E-state index contributed by atoms with van der Waals surface area (Å²) >= 11 is 15.2. The fourth-order valence-electron chi connectivity index (χ4n) is 1.89. The van der Waals surface area contributed by atoms with Crippen LogP contribution in [0, 0.1) is 0 Å². The Morgan fingerprint density at radius 1 is 1.10 bits per heavy atom. The van der Waals surface area contributed by atoms with Crippen LogP contribution in [0.25, 0.3) is 0 Å². The van der Waals surface area contributed by atoms with Crippen molar-refractivity contribution in [3.63, 3.8) is 0 Å². The van der Waals surface area contributed by atoms with Gasteiger partial charge in [0.1, 0.15) is 4.90 Å². The largest absolute Gasteiger partial charge is 0.244 e. The summed E-state index contributed by atoms with van der Waals surface area (Å²) in [5.74, 6) is 0. The van der Waals surface area contributed by atoms with E-state index in [2.05, 4.69) is 20.7 Å². The highest BCUT2D eigenvalue weighted by Gasteiger charge is 2.24. The quantitative estimate of drug-likeness (QED) is 0.789. The second kappa shape index (κ2) is 6.67. The molecular formula is C14H12BrCl2NO2S. The molecule has 1 atom stereocenters. The van der Waals surface area contributed by atoms with Crippen LogP contribution in [-0.2, 0) is 10.0 Å². The third-order valence-electron chi connectivity index (χ3n) is 2.86. The number of hydrogen-bond acceptors (Lipinski definition) is 2. The number of nitrogens with one attached hydrogen (secondary N) is 1. The van der Waals surface area contributed by atoms with Crippen molar-refractivity contribution in [2.45, 2.75) is 17.9 Å². The smallest absolute Gasteiger partial charge is 0.207 e. The first kappa shape index (κ1) is 16.8. The van der Waals surface area contributed by atoms with E-state index in [1.807, 2.05) is 30.3 Å². The topological polar surface area (TPSA) is 46.2 Å². The van der Waals surface area contributed by atoms with Crippen molar-refractivity contribution < 1.29 is 8.42 Å². The SMILES string of the molecule is C[C@H](NS(=O)(=O)c1c(Cl)cc(Br)cc1Cl)c1ccccc1. The predicted molar refractivity (Wildman–Crippen MR) is 89.3 cm³/mol. The van der Waals surface area contributed by atoms with Crippen LogP contribution in [0.2, 0.25) is 10.0 Å². The van der Waals surface area contributed by atoms with Crippen molar-refractivity contribution in [1.29, 1.82) is 0 Å². The van der Waals surface area contributed by atoms with Gasteiger partial charge in [-0.2, -0.15) is 0 Å². The summed E-state index contributed by atoms with van der Waals surface area (Å²) in [7, 11) is -3.82. The molecule has 0 saturated carbocycles. The Hall–Kier alpha value is -0.590. The highest BCUT2D eigenvalue weighted by Crippen LogP contribution is 2.33. The molecule has 0 unspecified atom stereocenters. The van der Waals surface area contributed by atoms with E-state index >= 15 is 0 Å². The maximum Gasteiger partial charge on any atom is 0.244 e. The van der Waals surface area contributed by atoms with Gasteiger partial charge < -0.3 is 0 Å². The van der Waals surface area contributed by atoms with Crippen molar-refractivity contribution in [3.8, 4) is 0 Å². The van der Waals surface area contributed by atoms with Gasteiger partial charge in [-0.1, -0.05) is 69.5 Å². The molecule has 0 heterocycles. The number of benzene rings is 2. The molecule has 0 saturated heterocycles. The van der Waals surface area contributed by atoms with Gasteiger partial charge in [0.2, 0.25) is 10.0 Å². The summed E-state index contributed by atoms with van der Waals surface area (Å²) < 4.78 is 28.1. The number of rotatable bonds is 4. The second-order valence-electron chi connectivity index (χ2n) is 4.45. The van der Waals surface area contributed by atoms with Gasteiger partial charge in [0.25, 0.3) is 0 Å². The Morgan fingerprint density at radius 2 is 1.62 bits per heavy atom. The molecule has 1 N–H and O–H groups in total. The minimum absolute atomic E-state index is 0.0714. The molecule has 0 spiro atoms. The van der Waals surface area contributed by atoms with E-state index in [0.29, 0.717) is 4.47 Å². The first-order valence-corrected chi connectivity index (χ1v) is 9.06. The monoisotopic (exact) mass is 407 g/mol. The third kappa shape index (κ3) is 3.99. The number of hydrogen-bond donors (Lipinski definition) is 1. The summed E-state index contributed by atoms with van der Waals surface area (Å²) in [6, 6.07) is 11.8. The average molecular weight is 409 g/mol. The normalized spacial score (nSPS) is 13.1. The molecule has 0 amide bonds. The number of halogens is 3. The standard InChI is InChI=1S/C14H12BrCl2NO2S/c1-9(10-5-3-2-4-6-10)18-21(19,20)14-12(16)7-11(15)8-13(14)17/h2-9,18H,1H3/t9-/m0/s1. The Morgan fingerprint density at radius 3 is 2.14 bits per heavy atom. The molecule has 0 radical (unpaired) electrons. The summed E-state index contributed by atoms with van der Waals surface area (Å²) in [5.41, 5.74) is 0.852. The molecule has 0 bridgehead atoms. The van der Waals surface area contributed by atoms with Crippen LogP contribution >= 0.6 is 39.1 Å². The lowest BCUT2D eigenvalue weighted by atomic mass is 10.1. The molecule has 0 fully saturated rings. The summed E-state index contributed by atoms with van der Waals surface area (Å²) in [6.07, 6.45) is 0. The minimum atomic E-state index is -3.82. The van der Waals surface area contributed by atoms with Crippen LogP contribution in [0.15, 0.2) is 51.8 Å². The highest BCUT2D eigenvalue weighted by atomic mass is 79.9. The van der Waals surface area contributed by atoms with Crippen molar-refractivity contribution in [2.75, 3.05) is 0 Å². The Labute approximate surface area is 142 Å². The molecular weight excluding hydrogens is 397 g/mol. The molecule has 112 valence electrons. The summed E-state index contributed by atoms with van der Waals surface area (Å²) in [5, 5.41) is 0.143. The van der Waals surface area contributed by atoms with Crippen molar-refractivity contribution in [3.05, 3.63) is 62.5 Å². The molecule has 21 heavy (non-hydrogen) atoms. The summed E-state index contributed by atoms with van der Waals surface area (Å²) in [4.78, 5) is -0.114. The highest BCUT2D eigenvalue weighted by molar-refractivity contribution is 9.10. The van der Waals surface area contributed by atoms with E-state index < -0.39 is 16.1 Å². The third-order valence-corrected chi connectivity index (χ3v) is 5.78. The van der Waals surface area contributed by atoms with Gasteiger partial charge >= 0.3 is 0 Å². The van der Waals surface area contributed by atoms with Crippen LogP contribution in [0.4, 0.5) is 0 Å². The van der Waals surface area contributed by atoms with Crippen LogP contribution in [-0.4, -0.2) is 8.42 Å². The molecule has 0 aliphatic rings. The van der Waals surface area contributed by atoms with E-state index in [4.69, 9.17) is 23.2 Å². The van der Waals surface area contributed by atoms with E-state index in [9.17, 15) is 8.42 Å². The van der Waals surface area contributed by atoms with Gasteiger partial charge in [0.05, 0.1) is 10.0 Å². The lowest BCUT2D eigenvalue weighted by Gasteiger charge is -2.16. The molecule has 2 rings (SSSR count). The van der Waals surface area contributed by atoms with Crippen LogP contribution in [0.3, 0.4) is 0 Å². The predicted octanol–water partition coefficient (Wildman–Crippen LogP) is 4.80. The second-order valence-corrected chi connectivity index (χ2v) is 7.83. The zero-order chi connectivity index (χ0) is 15.6. The maximum absolute atomic E-state index is 12.5. The maximum atomic E-state index is 12.5. The number of sulfonamides is 1. The Kier molecular flexibility index (Phi) is 5.33. The average Bonchev–Trinajstić information content (AvgIpc) is 2.37. The van der Waals surface area contributed by atoms with Crippen LogP contribution < -0.4 is 4.72 Å². The van der Waals surface area contributed by atoms with Gasteiger partial charge in [-0.3, -0.25) is 0 Å². The van der Waals surface area contributed by atoms with Crippen molar-refractivity contribution >= 4 is 49.2 Å². The Bertz CT molecular complexity index is 728. The zero-order valence-corrected chi connectivity index (χ0v) is 14.9. The Balaban J connectivity index is 2.36. The van der Waals surface area contributed by atoms with Crippen molar-refractivity contribution in [2.24, 2.45) is 0 Å². The lowest BCUT2D eigenvalue weighted by Crippen LogP contribution is -2.27. The van der Waals surface area contributed by atoms with E-state index in [-0.39, 0.29) is 14.9 Å². The van der Waals surface area contributed by atoms with Crippen molar-refractivity contribution in [1.82, 2.24) is 4.72 Å². The zero-order valence-electron chi connectivity index (χ0n) is 11.0. The molecule has 0 aliphatic heterocycles. The first-order valence-electron chi connectivity index (χ1n) is 6.03. The van der Waals surface area contributed by atoms with Gasteiger partial charge in [-0.25, -0.2) is 13.1 Å². The molecule has 7 heteroatoms. The van der Waals surface area contributed by atoms with Gasteiger partial charge in [-0.05, 0) is 24.6 Å². The minimum Gasteiger partial charge on any atom is -0.207 e. The van der Waals surface area contributed by atoms with E-state index in [0.717, 1.165) is 5.56 Å². The summed E-state index contributed by atoms with van der Waals surface area (Å²) in [6.45, 7) is 1.76. The first-order chi connectivity index (χ1) is 9.81. The lowest BCUT2D eigenvalue weighted by molar-refractivity contribution is 0.567. The molecule has 0 aromatic heterocycles. The molecule has 0 aliphatic carbocycles.